The molecule has 0 aliphatic heterocycles. The molecule has 184 valence electrons. The topological polar surface area (TPSA) is 0 Å². The molecule has 0 N–H and O–H groups in total. The second-order valence-corrected chi connectivity index (χ2v) is 10.5. The molecule has 3 heteroatoms. The van der Waals surface area contributed by atoms with Gasteiger partial charge in [-0.1, -0.05) is 89.0 Å². The third-order valence-corrected chi connectivity index (χ3v) is 8.19. The molecule has 4 rings (SSSR count). The van der Waals surface area contributed by atoms with Gasteiger partial charge in [0.05, 0.1) is 0 Å². The van der Waals surface area contributed by atoms with E-state index in [-0.39, 0.29) is 11.1 Å². The van der Waals surface area contributed by atoms with Crippen LogP contribution in [0.1, 0.15) is 101 Å². The van der Waals surface area contributed by atoms with Gasteiger partial charge in [0.25, 0.3) is 0 Å². The number of rotatable bonds is 9. The predicted molar refractivity (Wildman–Crippen MR) is 136 cm³/mol. The zero-order valence-corrected chi connectivity index (χ0v) is 20.9. The Bertz CT molecular complexity index is 1010. The number of benzene rings is 2. The van der Waals surface area contributed by atoms with E-state index in [1.54, 1.807) is 19.1 Å². The normalized spacial score (nSPS) is 20.2. The summed E-state index contributed by atoms with van der Waals surface area (Å²) in [4.78, 5) is 0. The minimum absolute atomic E-state index is 0.00933. The van der Waals surface area contributed by atoms with Crippen LogP contribution < -0.4 is 0 Å². The summed E-state index contributed by atoms with van der Waals surface area (Å²) in [7, 11) is 0. The maximum Gasteiger partial charge on any atom is 0.167 e. The summed E-state index contributed by atoms with van der Waals surface area (Å²) in [6, 6.07) is 6.30. The van der Waals surface area contributed by atoms with Gasteiger partial charge >= 0.3 is 0 Å². The lowest BCUT2D eigenvalue weighted by Crippen LogP contribution is -2.15. The SMILES string of the molecule is CCCCCC1CCC(CCC2=Cc3cc(F)c(-c4ccc(CC)c(F)c4F)cc3CC2)CC1. The Morgan fingerprint density at radius 3 is 2.24 bits per heavy atom. The van der Waals surface area contributed by atoms with Gasteiger partial charge < -0.3 is 0 Å². The van der Waals surface area contributed by atoms with Crippen molar-refractivity contribution in [2.75, 3.05) is 0 Å². The molecule has 0 bridgehead atoms. The predicted octanol–water partition coefficient (Wildman–Crippen LogP) is 9.83. The van der Waals surface area contributed by atoms with Gasteiger partial charge in [0, 0.05) is 11.1 Å². The summed E-state index contributed by atoms with van der Waals surface area (Å²) >= 11 is 0. The molecule has 2 aromatic carbocycles. The molecule has 0 atom stereocenters. The lowest BCUT2D eigenvalue weighted by Gasteiger charge is -2.29. The molecule has 0 radical (unpaired) electrons. The maximum absolute atomic E-state index is 15.0. The van der Waals surface area contributed by atoms with Crippen molar-refractivity contribution in [3.05, 3.63) is 64.0 Å². The summed E-state index contributed by atoms with van der Waals surface area (Å²) in [6.45, 7) is 4.05. The molecular weight excluding hydrogens is 429 g/mol. The number of hydrogen-bond acceptors (Lipinski definition) is 0. The minimum atomic E-state index is -0.953. The largest absolute Gasteiger partial charge is 0.206 e. The molecule has 1 fully saturated rings. The van der Waals surface area contributed by atoms with Crippen LogP contribution in [-0.2, 0) is 12.8 Å². The van der Waals surface area contributed by atoms with Crippen molar-refractivity contribution in [2.45, 2.75) is 97.3 Å². The van der Waals surface area contributed by atoms with Gasteiger partial charge in [0.15, 0.2) is 11.6 Å². The number of halogens is 3. The summed E-state index contributed by atoms with van der Waals surface area (Å²) < 4.78 is 43.9. The molecule has 0 aromatic heterocycles. The van der Waals surface area contributed by atoms with Crippen molar-refractivity contribution in [1.82, 2.24) is 0 Å². The third kappa shape index (κ3) is 5.78. The van der Waals surface area contributed by atoms with Crippen LogP contribution in [0.4, 0.5) is 13.2 Å². The standard InChI is InChI=1S/C31H39F3/c1-3-5-6-7-21-8-10-22(11-9-21)12-13-23-14-15-25-19-28(29(32)20-26(25)18-23)27-17-16-24(4-2)30(33)31(27)34/h16-22H,3-15H2,1-2H3. The van der Waals surface area contributed by atoms with Gasteiger partial charge in [-0.25, -0.2) is 13.2 Å². The third-order valence-electron chi connectivity index (χ3n) is 8.19. The fourth-order valence-electron chi connectivity index (χ4n) is 5.93. The zero-order chi connectivity index (χ0) is 24.1. The van der Waals surface area contributed by atoms with E-state index in [1.165, 1.54) is 75.5 Å². The molecule has 0 nitrogen and oxygen atoms in total. The Morgan fingerprint density at radius 2 is 1.53 bits per heavy atom. The molecule has 0 heterocycles. The van der Waals surface area contributed by atoms with Crippen molar-refractivity contribution < 1.29 is 13.2 Å². The lowest BCUT2D eigenvalue weighted by molar-refractivity contribution is 0.249. The molecule has 0 saturated heterocycles. The van der Waals surface area contributed by atoms with Gasteiger partial charge in [0.2, 0.25) is 0 Å². The van der Waals surface area contributed by atoms with E-state index >= 15 is 0 Å². The van der Waals surface area contributed by atoms with Crippen LogP contribution in [0, 0.1) is 29.3 Å². The Labute approximate surface area is 203 Å². The Kier molecular flexibility index (Phi) is 8.55. The van der Waals surface area contributed by atoms with Crippen molar-refractivity contribution in [2.24, 2.45) is 11.8 Å². The van der Waals surface area contributed by atoms with Gasteiger partial charge in [0.1, 0.15) is 5.82 Å². The summed E-state index contributed by atoms with van der Waals surface area (Å²) in [5.74, 6) is -0.537. The monoisotopic (exact) mass is 468 g/mol. The Morgan fingerprint density at radius 1 is 0.794 bits per heavy atom. The summed E-state index contributed by atoms with van der Waals surface area (Å²) in [5.41, 5.74) is 3.80. The van der Waals surface area contributed by atoms with Gasteiger partial charge in [-0.05, 0) is 72.8 Å². The number of allylic oxidation sites excluding steroid dienone is 1. The molecular formula is C31H39F3. The van der Waals surface area contributed by atoms with E-state index in [0.717, 1.165) is 42.2 Å². The first-order valence-corrected chi connectivity index (χ1v) is 13.5. The first kappa shape index (κ1) is 25.1. The van der Waals surface area contributed by atoms with Crippen LogP contribution in [0.2, 0.25) is 0 Å². The van der Waals surface area contributed by atoms with Crippen LogP contribution in [-0.4, -0.2) is 0 Å². The van der Waals surface area contributed by atoms with E-state index in [9.17, 15) is 13.2 Å². The fraction of sp³-hybridized carbons (Fsp3) is 0.548. The highest BCUT2D eigenvalue weighted by molar-refractivity contribution is 5.71. The average Bonchev–Trinajstić information content (AvgIpc) is 2.85. The highest BCUT2D eigenvalue weighted by atomic mass is 19.2. The summed E-state index contributed by atoms with van der Waals surface area (Å²) in [6.07, 6.45) is 17.6. The number of unbranched alkanes of at least 4 members (excludes halogenated alkanes) is 2. The molecule has 1 saturated carbocycles. The molecule has 2 aliphatic rings. The van der Waals surface area contributed by atoms with Crippen LogP contribution >= 0.6 is 0 Å². The van der Waals surface area contributed by atoms with Gasteiger partial charge in [-0.3, -0.25) is 0 Å². The smallest absolute Gasteiger partial charge is 0.167 e. The molecule has 0 spiro atoms. The number of aryl methyl sites for hydroxylation is 2. The quantitative estimate of drug-likeness (QED) is 0.321. The van der Waals surface area contributed by atoms with Crippen molar-refractivity contribution >= 4 is 6.08 Å². The fourth-order valence-corrected chi connectivity index (χ4v) is 5.93. The van der Waals surface area contributed by atoms with Gasteiger partial charge in [-0.15, -0.1) is 0 Å². The van der Waals surface area contributed by atoms with Crippen LogP contribution in [0.15, 0.2) is 29.8 Å². The van der Waals surface area contributed by atoms with Crippen LogP contribution in [0.25, 0.3) is 17.2 Å². The van der Waals surface area contributed by atoms with Crippen LogP contribution in [0.5, 0.6) is 0 Å². The van der Waals surface area contributed by atoms with E-state index in [0.29, 0.717) is 12.0 Å². The van der Waals surface area contributed by atoms with Crippen LogP contribution in [0.3, 0.4) is 0 Å². The zero-order valence-electron chi connectivity index (χ0n) is 20.9. The van der Waals surface area contributed by atoms with Crippen molar-refractivity contribution in [1.29, 1.82) is 0 Å². The maximum atomic E-state index is 15.0. The van der Waals surface area contributed by atoms with Crippen molar-refractivity contribution in [3.8, 4) is 11.1 Å². The van der Waals surface area contributed by atoms with E-state index in [2.05, 4.69) is 13.0 Å². The molecule has 34 heavy (non-hydrogen) atoms. The Balaban J connectivity index is 1.39. The van der Waals surface area contributed by atoms with Gasteiger partial charge in [-0.2, -0.15) is 0 Å². The number of hydrogen-bond donors (Lipinski definition) is 0. The highest BCUT2D eigenvalue weighted by Gasteiger charge is 2.23. The van der Waals surface area contributed by atoms with E-state index in [1.807, 2.05) is 0 Å². The molecule has 2 aliphatic carbocycles. The molecule has 2 aromatic rings. The average molecular weight is 469 g/mol. The first-order chi connectivity index (χ1) is 16.5. The van der Waals surface area contributed by atoms with E-state index < -0.39 is 17.5 Å². The highest BCUT2D eigenvalue weighted by Crippen LogP contribution is 2.38. The Hall–Kier alpha value is -2.03. The summed E-state index contributed by atoms with van der Waals surface area (Å²) in [5, 5.41) is 0. The lowest BCUT2D eigenvalue weighted by atomic mass is 9.77. The second-order valence-electron chi connectivity index (χ2n) is 10.5. The number of fused-ring (bicyclic) bond motifs is 1. The second kappa shape index (κ2) is 11.6. The van der Waals surface area contributed by atoms with Crippen molar-refractivity contribution in [3.63, 3.8) is 0 Å². The minimum Gasteiger partial charge on any atom is -0.206 e. The molecule has 0 unspecified atom stereocenters. The first-order valence-electron chi connectivity index (χ1n) is 13.5. The molecule has 0 amide bonds. The van der Waals surface area contributed by atoms with E-state index in [4.69, 9.17) is 0 Å².